The molecule has 0 bridgehead atoms. The van der Waals surface area contributed by atoms with E-state index in [-0.39, 0.29) is 11.8 Å². The molecule has 1 aromatic carbocycles. The summed E-state index contributed by atoms with van der Waals surface area (Å²) in [5, 5.41) is 2.87. The van der Waals surface area contributed by atoms with Crippen molar-refractivity contribution in [3.05, 3.63) is 29.8 Å². The molecule has 0 saturated heterocycles. The number of methoxy groups -OCH3 is 2. The van der Waals surface area contributed by atoms with E-state index in [0.29, 0.717) is 26.1 Å². The van der Waals surface area contributed by atoms with Crippen LogP contribution in [0.4, 0.5) is 0 Å². The predicted molar refractivity (Wildman–Crippen MR) is 97.4 cm³/mol. The van der Waals surface area contributed by atoms with E-state index in [2.05, 4.69) is 5.32 Å². The highest BCUT2D eigenvalue weighted by Gasteiger charge is 2.25. The molecule has 1 aromatic rings. The van der Waals surface area contributed by atoms with E-state index in [4.69, 9.17) is 9.47 Å². The van der Waals surface area contributed by atoms with Crippen LogP contribution < -0.4 is 10.1 Å². The third-order valence-corrected chi connectivity index (χ3v) is 3.97. The first-order valence-corrected chi connectivity index (χ1v) is 8.72. The van der Waals surface area contributed by atoms with E-state index in [9.17, 15) is 9.59 Å². The molecular formula is C19H30N2O4. The van der Waals surface area contributed by atoms with E-state index in [1.807, 2.05) is 31.2 Å². The predicted octanol–water partition coefficient (Wildman–Crippen LogP) is 2.37. The van der Waals surface area contributed by atoms with Crippen molar-refractivity contribution in [3.63, 3.8) is 0 Å². The summed E-state index contributed by atoms with van der Waals surface area (Å²) in [6.45, 7) is 5.26. The lowest BCUT2D eigenvalue weighted by molar-refractivity contribution is -0.140. The summed E-state index contributed by atoms with van der Waals surface area (Å²) in [7, 11) is 3.24. The third kappa shape index (κ3) is 7.13. The summed E-state index contributed by atoms with van der Waals surface area (Å²) >= 11 is 0. The Hall–Kier alpha value is -2.08. The van der Waals surface area contributed by atoms with Crippen molar-refractivity contribution in [3.8, 4) is 5.75 Å². The highest BCUT2D eigenvalue weighted by molar-refractivity contribution is 5.87. The molecule has 6 nitrogen and oxygen atoms in total. The van der Waals surface area contributed by atoms with Crippen LogP contribution in [0.2, 0.25) is 0 Å². The van der Waals surface area contributed by atoms with Gasteiger partial charge < -0.3 is 19.7 Å². The molecule has 0 radical (unpaired) electrons. The van der Waals surface area contributed by atoms with Crippen molar-refractivity contribution in [2.24, 2.45) is 0 Å². The van der Waals surface area contributed by atoms with Gasteiger partial charge in [-0.2, -0.15) is 0 Å². The largest absolute Gasteiger partial charge is 0.497 e. The molecule has 0 spiro atoms. The van der Waals surface area contributed by atoms with Crippen molar-refractivity contribution < 1.29 is 19.1 Å². The number of carbonyl (C=O) groups excluding carboxylic acids is 2. The Morgan fingerprint density at radius 3 is 2.44 bits per heavy atom. The average molecular weight is 350 g/mol. The second-order valence-corrected chi connectivity index (χ2v) is 5.93. The van der Waals surface area contributed by atoms with Crippen LogP contribution in [0.5, 0.6) is 5.75 Å². The smallest absolute Gasteiger partial charge is 0.242 e. The zero-order chi connectivity index (χ0) is 18.7. The molecule has 0 aliphatic rings. The maximum Gasteiger partial charge on any atom is 0.242 e. The van der Waals surface area contributed by atoms with Gasteiger partial charge in [0.05, 0.1) is 7.11 Å². The number of rotatable bonds is 11. The minimum Gasteiger partial charge on any atom is -0.497 e. The van der Waals surface area contributed by atoms with Gasteiger partial charge in [0.25, 0.3) is 0 Å². The van der Waals surface area contributed by atoms with E-state index >= 15 is 0 Å². The highest BCUT2D eigenvalue weighted by Crippen LogP contribution is 2.15. The quantitative estimate of drug-likeness (QED) is 0.622. The number of benzene rings is 1. The van der Waals surface area contributed by atoms with Crippen molar-refractivity contribution in [2.75, 3.05) is 27.4 Å². The maximum absolute atomic E-state index is 12.5. The van der Waals surface area contributed by atoms with Gasteiger partial charge in [-0.05, 0) is 37.5 Å². The summed E-state index contributed by atoms with van der Waals surface area (Å²) in [4.78, 5) is 26.5. The summed E-state index contributed by atoms with van der Waals surface area (Å²) in [6.07, 6.45) is 1.92. The van der Waals surface area contributed by atoms with Gasteiger partial charge in [-0.25, -0.2) is 0 Å². The fraction of sp³-hybridized carbons (Fsp3) is 0.579. The van der Waals surface area contributed by atoms with Gasteiger partial charge in [-0.3, -0.25) is 9.59 Å². The summed E-state index contributed by atoms with van der Waals surface area (Å²) in [6, 6.07) is 7.01. The normalized spacial score (nSPS) is 11.7. The summed E-state index contributed by atoms with van der Waals surface area (Å²) in [5.74, 6) is 0.603. The van der Waals surface area contributed by atoms with Gasteiger partial charge in [0.1, 0.15) is 11.8 Å². The van der Waals surface area contributed by atoms with Gasteiger partial charge in [0.2, 0.25) is 11.8 Å². The molecule has 0 aliphatic carbocycles. The van der Waals surface area contributed by atoms with Crippen LogP contribution in [0.1, 0.15) is 38.7 Å². The van der Waals surface area contributed by atoms with Crippen molar-refractivity contribution >= 4 is 11.8 Å². The number of carbonyl (C=O) groups is 2. The number of hydrogen-bond acceptors (Lipinski definition) is 4. The first-order chi connectivity index (χ1) is 12.0. The Morgan fingerprint density at radius 2 is 1.88 bits per heavy atom. The summed E-state index contributed by atoms with van der Waals surface area (Å²) in [5.41, 5.74) is 0.962. The molecule has 140 valence electrons. The third-order valence-electron chi connectivity index (χ3n) is 3.97. The van der Waals surface area contributed by atoms with E-state index in [1.54, 1.807) is 26.0 Å². The average Bonchev–Trinajstić information content (AvgIpc) is 2.63. The molecule has 0 fully saturated rings. The SMILES string of the molecule is CCCC(=O)N(Cc1ccc(OC)cc1)[C@@H](C)C(=O)NCCCOC. The fourth-order valence-electron chi connectivity index (χ4n) is 2.44. The molecule has 1 N–H and O–H groups in total. The van der Waals surface area contributed by atoms with E-state index in [1.165, 1.54) is 0 Å². The standard InChI is InChI=1S/C19H30N2O4/c1-5-7-18(22)21(14-16-8-10-17(25-4)11-9-16)15(2)19(23)20-12-6-13-24-3/h8-11,15H,5-7,12-14H2,1-4H3,(H,20,23)/t15-/m0/s1. The molecule has 0 aromatic heterocycles. The zero-order valence-corrected chi connectivity index (χ0v) is 15.7. The van der Waals surface area contributed by atoms with Crippen molar-refractivity contribution in [1.29, 1.82) is 0 Å². The molecule has 2 amide bonds. The van der Waals surface area contributed by atoms with E-state index in [0.717, 1.165) is 24.2 Å². The molecule has 0 heterocycles. The minimum absolute atomic E-state index is 0.0159. The number of nitrogens with one attached hydrogen (secondary N) is 1. The highest BCUT2D eigenvalue weighted by atomic mass is 16.5. The van der Waals surface area contributed by atoms with Crippen LogP contribution in [-0.2, 0) is 20.9 Å². The first-order valence-electron chi connectivity index (χ1n) is 8.72. The molecular weight excluding hydrogens is 320 g/mol. The lowest BCUT2D eigenvalue weighted by Crippen LogP contribution is -2.47. The van der Waals surface area contributed by atoms with Crippen LogP contribution >= 0.6 is 0 Å². The second-order valence-electron chi connectivity index (χ2n) is 5.93. The Morgan fingerprint density at radius 1 is 1.20 bits per heavy atom. The number of hydrogen-bond donors (Lipinski definition) is 1. The Bertz CT molecular complexity index is 531. The second kappa shape index (κ2) is 11.5. The number of nitrogens with zero attached hydrogens (tertiary/aromatic N) is 1. The van der Waals surface area contributed by atoms with Crippen LogP contribution in [-0.4, -0.2) is 50.1 Å². The molecule has 0 aliphatic heterocycles. The van der Waals surface area contributed by atoms with E-state index < -0.39 is 6.04 Å². The Labute approximate surface area is 150 Å². The Balaban J connectivity index is 2.76. The lowest BCUT2D eigenvalue weighted by Gasteiger charge is -2.29. The molecule has 0 unspecified atom stereocenters. The topological polar surface area (TPSA) is 67.9 Å². The maximum atomic E-state index is 12.5. The first kappa shape index (κ1) is 21.0. The lowest BCUT2D eigenvalue weighted by atomic mass is 10.1. The molecule has 25 heavy (non-hydrogen) atoms. The number of ether oxygens (including phenoxy) is 2. The number of amides is 2. The van der Waals surface area contributed by atoms with Crippen LogP contribution in [0, 0.1) is 0 Å². The zero-order valence-electron chi connectivity index (χ0n) is 15.7. The van der Waals surface area contributed by atoms with Gasteiger partial charge in [0, 0.05) is 33.2 Å². The Kier molecular flexibility index (Phi) is 9.62. The molecule has 1 rings (SSSR count). The van der Waals surface area contributed by atoms with Crippen LogP contribution in [0.15, 0.2) is 24.3 Å². The monoisotopic (exact) mass is 350 g/mol. The van der Waals surface area contributed by atoms with Gasteiger partial charge in [-0.15, -0.1) is 0 Å². The van der Waals surface area contributed by atoms with Crippen molar-refractivity contribution in [1.82, 2.24) is 10.2 Å². The van der Waals surface area contributed by atoms with Crippen LogP contribution in [0.3, 0.4) is 0 Å². The molecule has 1 atom stereocenters. The summed E-state index contributed by atoms with van der Waals surface area (Å²) < 4.78 is 10.1. The minimum atomic E-state index is -0.524. The molecule has 0 saturated carbocycles. The van der Waals surface area contributed by atoms with Gasteiger partial charge in [0.15, 0.2) is 0 Å². The van der Waals surface area contributed by atoms with Gasteiger partial charge >= 0.3 is 0 Å². The van der Waals surface area contributed by atoms with Crippen molar-refractivity contribution in [2.45, 2.75) is 45.7 Å². The molecule has 6 heteroatoms. The van der Waals surface area contributed by atoms with Crippen LogP contribution in [0.25, 0.3) is 0 Å². The van der Waals surface area contributed by atoms with Gasteiger partial charge in [-0.1, -0.05) is 19.1 Å². The fourth-order valence-corrected chi connectivity index (χ4v) is 2.44.